The Balaban J connectivity index is 3.15. The van der Waals surface area contributed by atoms with Crippen LogP contribution in [0.15, 0.2) is 61.2 Å². The van der Waals surface area contributed by atoms with Crippen molar-refractivity contribution in [3.8, 4) is 0 Å². The summed E-state index contributed by atoms with van der Waals surface area (Å²) < 4.78 is 0. The predicted molar refractivity (Wildman–Crippen MR) is 87.3 cm³/mol. The molecule has 0 N–H and O–H groups in total. The molecule has 0 unspecified atom stereocenters. The third kappa shape index (κ3) is 4.75. The maximum atomic E-state index is 3.96. The van der Waals surface area contributed by atoms with Crippen molar-refractivity contribution in [2.45, 2.75) is 33.6 Å². The van der Waals surface area contributed by atoms with Crippen LogP contribution in [0.1, 0.15) is 37.0 Å². The average molecular weight is 252 g/mol. The normalized spacial score (nSPS) is 11.8. The van der Waals surface area contributed by atoms with Crippen molar-refractivity contribution < 1.29 is 0 Å². The maximum Gasteiger partial charge on any atom is -0.00973 e. The van der Waals surface area contributed by atoms with Gasteiger partial charge in [0.2, 0.25) is 0 Å². The lowest BCUT2D eigenvalue weighted by atomic mass is 9.96. The standard InChI is InChI=1S/C19H24/c1-6-8-17(12-10-15(3)4)19-13-11-16(5)18(14-19)9-7-2/h6-8,11-14H,2-3,9-10H2,1,4-5H3. The molecule has 19 heavy (non-hydrogen) atoms. The number of hydrogen-bond acceptors (Lipinski definition) is 0. The van der Waals surface area contributed by atoms with Gasteiger partial charge in [0.15, 0.2) is 0 Å². The molecule has 0 bridgehead atoms. The summed E-state index contributed by atoms with van der Waals surface area (Å²) in [5, 5.41) is 0. The van der Waals surface area contributed by atoms with Crippen LogP contribution in [0, 0.1) is 6.92 Å². The molecule has 0 heterocycles. The van der Waals surface area contributed by atoms with Crippen LogP contribution < -0.4 is 0 Å². The van der Waals surface area contributed by atoms with Crippen molar-refractivity contribution >= 4 is 5.57 Å². The molecule has 0 atom stereocenters. The summed E-state index contributed by atoms with van der Waals surface area (Å²) in [6.07, 6.45) is 10.3. The van der Waals surface area contributed by atoms with Gasteiger partial charge >= 0.3 is 0 Å². The van der Waals surface area contributed by atoms with Crippen LogP contribution in [0.3, 0.4) is 0 Å². The third-order valence-electron chi connectivity index (χ3n) is 3.06. The van der Waals surface area contributed by atoms with Gasteiger partial charge in [-0.05, 0) is 55.9 Å². The maximum absolute atomic E-state index is 3.96. The van der Waals surface area contributed by atoms with E-state index in [4.69, 9.17) is 0 Å². The number of rotatable bonds is 6. The third-order valence-corrected chi connectivity index (χ3v) is 3.06. The molecule has 1 aromatic rings. The minimum atomic E-state index is 0.920. The largest absolute Gasteiger partial charge is 0.103 e. The molecule has 0 spiro atoms. The Labute approximate surface area is 117 Å². The first-order chi connectivity index (χ1) is 9.08. The molecule has 100 valence electrons. The average Bonchev–Trinajstić information content (AvgIpc) is 2.37. The van der Waals surface area contributed by atoms with E-state index in [-0.39, 0.29) is 0 Å². The summed E-state index contributed by atoms with van der Waals surface area (Å²) in [7, 11) is 0. The van der Waals surface area contributed by atoms with Gasteiger partial charge in [-0.1, -0.05) is 54.7 Å². The van der Waals surface area contributed by atoms with Gasteiger partial charge in [0.25, 0.3) is 0 Å². The zero-order valence-electron chi connectivity index (χ0n) is 12.4. The molecule has 0 saturated heterocycles. The van der Waals surface area contributed by atoms with E-state index in [0.717, 1.165) is 12.8 Å². The SMILES string of the molecule is C=CCc1cc(C(C=CC)=CCC(=C)C)ccc1C. The Kier molecular flexibility index (Phi) is 6.08. The smallest absolute Gasteiger partial charge is 0.00973 e. The lowest BCUT2D eigenvalue weighted by Gasteiger charge is -2.09. The Morgan fingerprint density at radius 3 is 2.63 bits per heavy atom. The Hall–Kier alpha value is -1.82. The van der Waals surface area contributed by atoms with Crippen LogP contribution in [0.4, 0.5) is 0 Å². The summed E-state index contributed by atoms with van der Waals surface area (Å²) in [6.45, 7) is 14.0. The molecule has 0 aliphatic carbocycles. The highest BCUT2D eigenvalue weighted by molar-refractivity contribution is 5.74. The second kappa shape index (κ2) is 7.58. The van der Waals surface area contributed by atoms with Crippen molar-refractivity contribution in [3.05, 3.63) is 77.9 Å². The first-order valence-electron chi connectivity index (χ1n) is 6.76. The fraction of sp³-hybridized carbons (Fsp3) is 0.263. The van der Waals surface area contributed by atoms with Gasteiger partial charge in [0.05, 0.1) is 0 Å². The van der Waals surface area contributed by atoms with E-state index in [1.165, 1.54) is 27.8 Å². The number of benzene rings is 1. The highest BCUT2D eigenvalue weighted by Crippen LogP contribution is 2.22. The minimum Gasteiger partial charge on any atom is -0.103 e. The monoisotopic (exact) mass is 252 g/mol. The zero-order chi connectivity index (χ0) is 14.3. The summed E-state index contributed by atoms with van der Waals surface area (Å²) in [6, 6.07) is 6.64. The second-order valence-electron chi connectivity index (χ2n) is 4.95. The van der Waals surface area contributed by atoms with Gasteiger partial charge in [-0.15, -0.1) is 6.58 Å². The number of aryl methyl sites for hydroxylation is 1. The van der Waals surface area contributed by atoms with Crippen LogP contribution in [-0.2, 0) is 6.42 Å². The van der Waals surface area contributed by atoms with Crippen molar-refractivity contribution in [2.24, 2.45) is 0 Å². The van der Waals surface area contributed by atoms with Crippen molar-refractivity contribution in [2.75, 3.05) is 0 Å². The van der Waals surface area contributed by atoms with E-state index < -0.39 is 0 Å². The van der Waals surface area contributed by atoms with Crippen LogP contribution in [0.25, 0.3) is 5.57 Å². The second-order valence-corrected chi connectivity index (χ2v) is 4.95. The van der Waals surface area contributed by atoms with E-state index in [0.29, 0.717) is 0 Å². The molecule has 0 heteroatoms. The van der Waals surface area contributed by atoms with Crippen molar-refractivity contribution in [1.29, 1.82) is 0 Å². The van der Waals surface area contributed by atoms with Gasteiger partial charge in [0, 0.05) is 0 Å². The van der Waals surface area contributed by atoms with E-state index in [2.05, 4.69) is 63.4 Å². The summed E-state index contributed by atoms with van der Waals surface area (Å²) in [5.74, 6) is 0. The molecule has 1 aromatic carbocycles. The summed E-state index contributed by atoms with van der Waals surface area (Å²) >= 11 is 0. The van der Waals surface area contributed by atoms with E-state index in [1.54, 1.807) is 0 Å². The molecule has 0 fully saturated rings. The topological polar surface area (TPSA) is 0 Å². The van der Waals surface area contributed by atoms with Crippen LogP contribution in [0.5, 0.6) is 0 Å². The van der Waals surface area contributed by atoms with Crippen molar-refractivity contribution in [3.63, 3.8) is 0 Å². The molecular weight excluding hydrogens is 228 g/mol. The number of hydrogen-bond donors (Lipinski definition) is 0. The molecular formula is C19H24. The Bertz CT molecular complexity index is 513. The van der Waals surface area contributed by atoms with Crippen LogP contribution >= 0.6 is 0 Å². The van der Waals surface area contributed by atoms with E-state index in [9.17, 15) is 0 Å². The molecule has 0 aromatic heterocycles. The molecule has 0 aliphatic rings. The lowest BCUT2D eigenvalue weighted by Crippen LogP contribution is -1.90. The summed E-state index contributed by atoms with van der Waals surface area (Å²) in [5.41, 5.74) is 6.37. The fourth-order valence-corrected chi connectivity index (χ4v) is 1.97. The molecule has 0 radical (unpaired) electrons. The Morgan fingerprint density at radius 1 is 1.32 bits per heavy atom. The van der Waals surface area contributed by atoms with E-state index in [1.807, 2.05) is 13.0 Å². The zero-order valence-corrected chi connectivity index (χ0v) is 12.4. The first kappa shape index (κ1) is 15.2. The van der Waals surface area contributed by atoms with Gasteiger partial charge in [-0.3, -0.25) is 0 Å². The lowest BCUT2D eigenvalue weighted by molar-refractivity contribution is 1.20. The minimum absolute atomic E-state index is 0.920. The molecule has 0 aliphatic heterocycles. The fourth-order valence-electron chi connectivity index (χ4n) is 1.97. The van der Waals surface area contributed by atoms with Gasteiger partial charge in [0.1, 0.15) is 0 Å². The Morgan fingerprint density at radius 2 is 2.05 bits per heavy atom. The quantitative estimate of drug-likeness (QED) is 0.453. The predicted octanol–water partition coefficient (Wildman–Crippen LogP) is 5.65. The first-order valence-corrected chi connectivity index (χ1v) is 6.76. The van der Waals surface area contributed by atoms with Gasteiger partial charge in [-0.2, -0.15) is 0 Å². The van der Waals surface area contributed by atoms with E-state index >= 15 is 0 Å². The summed E-state index contributed by atoms with van der Waals surface area (Å²) in [4.78, 5) is 0. The number of allylic oxidation sites excluding steroid dienone is 6. The van der Waals surface area contributed by atoms with Crippen molar-refractivity contribution in [1.82, 2.24) is 0 Å². The van der Waals surface area contributed by atoms with Gasteiger partial charge in [-0.25, -0.2) is 0 Å². The molecule has 0 saturated carbocycles. The van der Waals surface area contributed by atoms with Crippen LogP contribution in [0.2, 0.25) is 0 Å². The molecule has 0 amide bonds. The molecule has 0 nitrogen and oxygen atoms in total. The van der Waals surface area contributed by atoms with Gasteiger partial charge < -0.3 is 0 Å². The highest BCUT2D eigenvalue weighted by Gasteiger charge is 2.02. The molecule has 1 rings (SSSR count). The highest BCUT2D eigenvalue weighted by atomic mass is 14.1. The van der Waals surface area contributed by atoms with Crippen LogP contribution in [-0.4, -0.2) is 0 Å².